The molecule has 0 heterocycles. The van der Waals surface area contributed by atoms with Gasteiger partial charge in [0.25, 0.3) is 0 Å². The molecule has 17 heavy (non-hydrogen) atoms. The van der Waals surface area contributed by atoms with E-state index in [2.05, 4.69) is 10.6 Å². The average molecular weight is 242 g/mol. The minimum atomic E-state index is -0.241. The van der Waals surface area contributed by atoms with Crippen molar-refractivity contribution in [2.45, 2.75) is 53.6 Å². The van der Waals surface area contributed by atoms with E-state index in [1.54, 1.807) is 0 Å². The summed E-state index contributed by atoms with van der Waals surface area (Å²) in [6.07, 6.45) is 0. The Morgan fingerprint density at radius 2 is 1.53 bits per heavy atom. The molecule has 0 spiro atoms. The number of carbonyl (C=O) groups is 2. The monoisotopic (exact) mass is 242 g/mol. The molecule has 0 aliphatic heterocycles. The van der Waals surface area contributed by atoms with E-state index in [1.165, 1.54) is 0 Å². The summed E-state index contributed by atoms with van der Waals surface area (Å²) in [5.41, 5.74) is 0. The number of ketones is 1. The van der Waals surface area contributed by atoms with Gasteiger partial charge in [-0.1, -0.05) is 41.5 Å². The number of nitrogens with one attached hydrogen (secondary N) is 2. The van der Waals surface area contributed by atoms with E-state index in [9.17, 15) is 9.59 Å². The molecule has 0 rings (SSSR count). The Hall–Kier alpha value is -0.900. The van der Waals surface area contributed by atoms with E-state index in [-0.39, 0.29) is 42.2 Å². The van der Waals surface area contributed by atoms with Crippen molar-refractivity contribution in [2.75, 3.05) is 6.54 Å². The molecule has 4 heteroatoms. The molecule has 1 atom stereocenters. The number of amides is 1. The summed E-state index contributed by atoms with van der Waals surface area (Å²) in [6, 6.07) is 0.00362. The number of Topliss-reactive ketones (excluding diaryl/α,β-unsaturated/α-hetero) is 1. The normalized spacial score (nSPS) is 13.2. The van der Waals surface area contributed by atoms with Gasteiger partial charge in [-0.15, -0.1) is 0 Å². The molecule has 1 unspecified atom stereocenters. The predicted molar refractivity (Wildman–Crippen MR) is 69.8 cm³/mol. The first kappa shape index (κ1) is 16.1. The lowest BCUT2D eigenvalue weighted by molar-refractivity contribution is -0.128. The van der Waals surface area contributed by atoms with Gasteiger partial charge in [0.1, 0.15) is 0 Å². The molecule has 0 fully saturated rings. The Labute approximate surface area is 105 Å². The molecule has 0 aromatic carbocycles. The molecule has 0 radical (unpaired) electrons. The standard InChI is InChI=1S/C13H26N2O2/c1-8(2)11(16)7-14-13(17)12(9(3)4)15-10(5)6/h8-10,12,15H,7H2,1-6H3,(H,14,17). The zero-order valence-corrected chi connectivity index (χ0v) is 11.8. The highest BCUT2D eigenvalue weighted by Gasteiger charge is 2.23. The second-order valence-corrected chi connectivity index (χ2v) is 5.38. The summed E-state index contributed by atoms with van der Waals surface area (Å²) in [4.78, 5) is 23.3. The van der Waals surface area contributed by atoms with Crippen LogP contribution in [0.25, 0.3) is 0 Å². The molecule has 2 N–H and O–H groups in total. The second-order valence-electron chi connectivity index (χ2n) is 5.38. The van der Waals surface area contributed by atoms with Crippen LogP contribution in [-0.2, 0) is 9.59 Å². The van der Waals surface area contributed by atoms with Crippen molar-refractivity contribution < 1.29 is 9.59 Å². The van der Waals surface area contributed by atoms with Crippen LogP contribution in [-0.4, -0.2) is 30.3 Å². The molecular weight excluding hydrogens is 216 g/mol. The SMILES string of the molecule is CC(C)NC(C(=O)NCC(=O)C(C)C)C(C)C. The smallest absolute Gasteiger partial charge is 0.237 e. The molecule has 0 saturated carbocycles. The first-order valence-corrected chi connectivity index (χ1v) is 6.32. The van der Waals surface area contributed by atoms with Gasteiger partial charge in [-0.3, -0.25) is 9.59 Å². The lowest BCUT2D eigenvalue weighted by Gasteiger charge is -2.23. The van der Waals surface area contributed by atoms with Gasteiger partial charge in [0.15, 0.2) is 5.78 Å². The van der Waals surface area contributed by atoms with Crippen LogP contribution >= 0.6 is 0 Å². The van der Waals surface area contributed by atoms with Crippen LogP contribution in [0.5, 0.6) is 0 Å². The summed E-state index contributed by atoms with van der Waals surface area (Å²) in [5.74, 6) is 0.130. The third-order valence-corrected chi connectivity index (χ3v) is 2.54. The topological polar surface area (TPSA) is 58.2 Å². The Kier molecular flexibility index (Phi) is 7.04. The molecule has 0 aromatic heterocycles. The summed E-state index contributed by atoms with van der Waals surface area (Å²) in [6.45, 7) is 11.8. The molecule has 0 aliphatic rings. The van der Waals surface area contributed by atoms with Crippen molar-refractivity contribution in [1.29, 1.82) is 0 Å². The first-order chi connectivity index (χ1) is 7.75. The highest BCUT2D eigenvalue weighted by molar-refractivity contribution is 5.89. The van der Waals surface area contributed by atoms with Crippen LogP contribution < -0.4 is 10.6 Å². The zero-order valence-electron chi connectivity index (χ0n) is 11.8. The maximum Gasteiger partial charge on any atom is 0.237 e. The van der Waals surface area contributed by atoms with Gasteiger partial charge in [0.05, 0.1) is 12.6 Å². The van der Waals surface area contributed by atoms with E-state index >= 15 is 0 Å². The van der Waals surface area contributed by atoms with Crippen molar-refractivity contribution in [2.24, 2.45) is 11.8 Å². The van der Waals surface area contributed by atoms with Crippen LogP contribution in [0.3, 0.4) is 0 Å². The second kappa shape index (κ2) is 7.43. The summed E-state index contributed by atoms with van der Waals surface area (Å²) >= 11 is 0. The minimum absolute atomic E-state index is 0.0362. The Morgan fingerprint density at radius 1 is 1.00 bits per heavy atom. The van der Waals surface area contributed by atoms with Crippen LogP contribution in [0.4, 0.5) is 0 Å². The van der Waals surface area contributed by atoms with Crippen LogP contribution in [0.2, 0.25) is 0 Å². The fraction of sp³-hybridized carbons (Fsp3) is 0.846. The van der Waals surface area contributed by atoms with E-state index in [1.807, 2.05) is 41.5 Å². The van der Waals surface area contributed by atoms with Gasteiger partial charge in [-0.25, -0.2) is 0 Å². The van der Waals surface area contributed by atoms with Gasteiger partial charge < -0.3 is 10.6 Å². The minimum Gasteiger partial charge on any atom is -0.348 e. The third-order valence-electron chi connectivity index (χ3n) is 2.54. The number of hydrogen-bond acceptors (Lipinski definition) is 3. The van der Waals surface area contributed by atoms with Crippen LogP contribution in [0.15, 0.2) is 0 Å². The Bertz CT molecular complexity index is 260. The van der Waals surface area contributed by atoms with Gasteiger partial charge in [-0.2, -0.15) is 0 Å². The lowest BCUT2D eigenvalue weighted by Crippen LogP contribution is -2.50. The summed E-state index contributed by atoms with van der Waals surface area (Å²) in [7, 11) is 0. The van der Waals surface area contributed by atoms with E-state index in [0.717, 1.165) is 0 Å². The lowest BCUT2D eigenvalue weighted by atomic mass is 10.0. The number of carbonyl (C=O) groups excluding carboxylic acids is 2. The first-order valence-electron chi connectivity index (χ1n) is 6.32. The fourth-order valence-electron chi connectivity index (χ4n) is 1.42. The highest BCUT2D eigenvalue weighted by Crippen LogP contribution is 2.03. The van der Waals surface area contributed by atoms with Crippen molar-refractivity contribution in [1.82, 2.24) is 10.6 Å². The van der Waals surface area contributed by atoms with Crippen LogP contribution in [0, 0.1) is 11.8 Å². The van der Waals surface area contributed by atoms with Gasteiger partial charge >= 0.3 is 0 Å². The largest absolute Gasteiger partial charge is 0.348 e. The van der Waals surface area contributed by atoms with Gasteiger partial charge in [0.2, 0.25) is 5.91 Å². The van der Waals surface area contributed by atoms with Crippen molar-refractivity contribution in [3.05, 3.63) is 0 Å². The van der Waals surface area contributed by atoms with E-state index in [0.29, 0.717) is 0 Å². The van der Waals surface area contributed by atoms with Gasteiger partial charge in [0, 0.05) is 12.0 Å². The number of hydrogen-bond donors (Lipinski definition) is 2. The molecular formula is C13H26N2O2. The molecule has 0 aromatic rings. The maximum atomic E-state index is 11.9. The molecule has 100 valence electrons. The van der Waals surface area contributed by atoms with E-state index in [4.69, 9.17) is 0 Å². The molecule has 4 nitrogen and oxygen atoms in total. The highest BCUT2D eigenvalue weighted by atomic mass is 16.2. The van der Waals surface area contributed by atoms with E-state index < -0.39 is 0 Å². The summed E-state index contributed by atoms with van der Waals surface area (Å²) in [5, 5.41) is 5.91. The Morgan fingerprint density at radius 3 is 1.88 bits per heavy atom. The summed E-state index contributed by atoms with van der Waals surface area (Å²) < 4.78 is 0. The predicted octanol–water partition coefficient (Wildman–Crippen LogP) is 1.35. The quantitative estimate of drug-likeness (QED) is 0.708. The molecule has 0 bridgehead atoms. The van der Waals surface area contributed by atoms with Crippen molar-refractivity contribution in [3.8, 4) is 0 Å². The fourth-order valence-corrected chi connectivity index (χ4v) is 1.42. The Balaban J connectivity index is 4.29. The van der Waals surface area contributed by atoms with Crippen molar-refractivity contribution in [3.63, 3.8) is 0 Å². The average Bonchev–Trinajstić information content (AvgIpc) is 2.21. The van der Waals surface area contributed by atoms with Gasteiger partial charge in [-0.05, 0) is 5.92 Å². The zero-order chi connectivity index (χ0) is 13.6. The maximum absolute atomic E-state index is 11.9. The third kappa shape index (κ3) is 6.41. The van der Waals surface area contributed by atoms with Crippen LogP contribution in [0.1, 0.15) is 41.5 Å². The number of rotatable bonds is 7. The van der Waals surface area contributed by atoms with Crippen molar-refractivity contribution >= 4 is 11.7 Å². The molecule has 0 aliphatic carbocycles. The molecule has 1 amide bonds. The molecule has 0 saturated heterocycles.